The molecule has 0 bridgehead atoms. The Morgan fingerprint density at radius 3 is 2.47 bits per heavy atom. The van der Waals surface area contributed by atoms with Crippen LogP contribution in [0.15, 0.2) is 11.6 Å². The van der Waals surface area contributed by atoms with Crippen LogP contribution < -0.4 is 10.6 Å². The Morgan fingerprint density at radius 1 is 1.33 bits per heavy atom. The van der Waals surface area contributed by atoms with Crippen LogP contribution in [0.3, 0.4) is 0 Å². The molecule has 2 N–H and O–H groups in total. The van der Waals surface area contributed by atoms with Gasteiger partial charge in [-0.2, -0.15) is 0 Å². The standard InChI is InChI=1S/C9H13N3O2S/c1-9(2,3)12-7(14)6(13)11-8-10-4-5-15-8/h4-5H,1-3H3,(H,12,14)(H,10,11,13). The predicted octanol–water partition coefficient (Wildman–Crippen LogP) is 0.996. The zero-order valence-corrected chi connectivity index (χ0v) is 9.64. The molecule has 0 saturated carbocycles. The minimum absolute atomic E-state index is 0.419. The Hall–Kier alpha value is -1.43. The first kappa shape index (κ1) is 11.6. The van der Waals surface area contributed by atoms with Crippen molar-refractivity contribution in [1.82, 2.24) is 10.3 Å². The molecule has 0 aliphatic carbocycles. The van der Waals surface area contributed by atoms with Gasteiger partial charge in [0.15, 0.2) is 5.13 Å². The summed E-state index contributed by atoms with van der Waals surface area (Å²) >= 11 is 1.26. The Morgan fingerprint density at radius 2 is 2.00 bits per heavy atom. The quantitative estimate of drug-likeness (QED) is 0.703. The van der Waals surface area contributed by atoms with E-state index in [0.29, 0.717) is 5.13 Å². The van der Waals surface area contributed by atoms with Gasteiger partial charge in [-0.25, -0.2) is 4.98 Å². The summed E-state index contributed by atoms with van der Waals surface area (Å²) in [5, 5.41) is 7.10. The summed E-state index contributed by atoms with van der Waals surface area (Å²) in [6.45, 7) is 5.42. The van der Waals surface area contributed by atoms with E-state index in [1.165, 1.54) is 11.3 Å². The van der Waals surface area contributed by atoms with Crippen LogP contribution in [0.25, 0.3) is 0 Å². The van der Waals surface area contributed by atoms with Crippen molar-refractivity contribution >= 4 is 28.3 Å². The van der Waals surface area contributed by atoms with Crippen LogP contribution in [-0.4, -0.2) is 22.3 Å². The van der Waals surface area contributed by atoms with Crippen LogP contribution >= 0.6 is 11.3 Å². The second-order valence-corrected chi connectivity index (χ2v) is 4.89. The number of anilines is 1. The number of hydrogen-bond donors (Lipinski definition) is 2. The van der Waals surface area contributed by atoms with Gasteiger partial charge < -0.3 is 5.32 Å². The topological polar surface area (TPSA) is 71.1 Å². The van der Waals surface area contributed by atoms with Gasteiger partial charge in [0, 0.05) is 17.1 Å². The Kier molecular flexibility index (Phi) is 3.41. The number of thiazole rings is 1. The summed E-state index contributed by atoms with van der Waals surface area (Å²) in [7, 11) is 0. The summed E-state index contributed by atoms with van der Waals surface area (Å²) in [4.78, 5) is 26.5. The molecule has 1 rings (SSSR count). The lowest BCUT2D eigenvalue weighted by atomic mass is 10.1. The van der Waals surface area contributed by atoms with E-state index in [0.717, 1.165) is 0 Å². The zero-order chi connectivity index (χ0) is 11.5. The molecule has 15 heavy (non-hydrogen) atoms. The number of hydrogen-bond acceptors (Lipinski definition) is 4. The number of carbonyl (C=O) groups excluding carboxylic acids is 2. The van der Waals surface area contributed by atoms with Gasteiger partial charge in [-0.15, -0.1) is 11.3 Å². The molecule has 0 aromatic carbocycles. The number of nitrogens with zero attached hydrogens (tertiary/aromatic N) is 1. The average molecular weight is 227 g/mol. The highest BCUT2D eigenvalue weighted by Crippen LogP contribution is 2.09. The van der Waals surface area contributed by atoms with Gasteiger partial charge in [0.05, 0.1) is 0 Å². The third-order valence-corrected chi connectivity index (χ3v) is 2.04. The first-order valence-corrected chi connectivity index (χ1v) is 5.29. The number of amides is 2. The summed E-state index contributed by atoms with van der Waals surface area (Å²) in [5.41, 5.74) is -0.419. The monoisotopic (exact) mass is 227 g/mol. The fourth-order valence-corrected chi connectivity index (χ4v) is 1.36. The molecule has 0 unspecified atom stereocenters. The summed E-state index contributed by atoms with van der Waals surface area (Å²) in [6, 6.07) is 0. The van der Waals surface area contributed by atoms with Gasteiger partial charge in [-0.3, -0.25) is 14.9 Å². The Bertz CT molecular complexity index is 354. The molecule has 82 valence electrons. The molecule has 1 aromatic rings. The van der Waals surface area contributed by atoms with E-state index in [9.17, 15) is 9.59 Å². The molecule has 1 aromatic heterocycles. The van der Waals surface area contributed by atoms with Crippen LogP contribution in [0.1, 0.15) is 20.8 Å². The molecule has 0 fully saturated rings. The number of nitrogens with one attached hydrogen (secondary N) is 2. The molecular weight excluding hydrogens is 214 g/mol. The highest BCUT2D eigenvalue weighted by molar-refractivity contribution is 7.13. The van der Waals surface area contributed by atoms with Crippen LogP contribution in [0.2, 0.25) is 0 Å². The van der Waals surface area contributed by atoms with E-state index < -0.39 is 17.4 Å². The maximum absolute atomic E-state index is 11.3. The molecule has 0 aliphatic rings. The molecule has 0 spiro atoms. The predicted molar refractivity (Wildman–Crippen MR) is 58.6 cm³/mol. The van der Waals surface area contributed by atoms with Crippen molar-refractivity contribution in [2.24, 2.45) is 0 Å². The summed E-state index contributed by atoms with van der Waals surface area (Å²) in [6.07, 6.45) is 1.56. The first-order chi connectivity index (χ1) is 6.88. The van der Waals surface area contributed by atoms with Crippen molar-refractivity contribution < 1.29 is 9.59 Å². The van der Waals surface area contributed by atoms with Crippen LogP contribution in [0.4, 0.5) is 5.13 Å². The maximum atomic E-state index is 11.3. The van der Waals surface area contributed by atoms with Crippen LogP contribution in [0.5, 0.6) is 0 Å². The molecular formula is C9H13N3O2S. The van der Waals surface area contributed by atoms with E-state index in [1.807, 2.05) is 20.8 Å². The lowest BCUT2D eigenvalue weighted by Gasteiger charge is -2.19. The van der Waals surface area contributed by atoms with Gasteiger partial charge in [0.25, 0.3) is 0 Å². The van der Waals surface area contributed by atoms with Gasteiger partial charge in [-0.1, -0.05) is 0 Å². The fourth-order valence-electron chi connectivity index (χ4n) is 0.836. The molecule has 0 atom stereocenters. The second-order valence-electron chi connectivity index (χ2n) is 4.00. The molecule has 0 aliphatic heterocycles. The largest absolute Gasteiger partial charge is 0.343 e. The van der Waals surface area contributed by atoms with Crippen molar-refractivity contribution in [2.45, 2.75) is 26.3 Å². The van der Waals surface area contributed by atoms with E-state index in [-0.39, 0.29) is 0 Å². The third kappa shape index (κ3) is 4.07. The fraction of sp³-hybridized carbons (Fsp3) is 0.444. The molecule has 2 amide bonds. The van der Waals surface area contributed by atoms with Crippen molar-refractivity contribution in [2.75, 3.05) is 5.32 Å². The number of rotatable bonds is 1. The van der Waals surface area contributed by atoms with Crippen LogP contribution in [-0.2, 0) is 9.59 Å². The summed E-state index contributed by atoms with van der Waals surface area (Å²) < 4.78 is 0. The minimum atomic E-state index is -0.695. The zero-order valence-electron chi connectivity index (χ0n) is 8.83. The van der Waals surface area contributed by atoms with Crippen molar-refractivity contribution in [3.05, 3.63) is 11.6 Å². The van der Waals surface area contributed by atoms with Gasteiger partial charge in [0.1, 0.15) is 0 Å². The van der Waals surface area contributed by atoms with Gasteiger partial charge in [0.2, 0.25) is 0 Å². The summed E-state index contributed by atoms with van der Waals surface area (Å²) in [5.74, 6) is -1.35. The van der Waals surface area contributed by atoms with E-state index in [1.54, 1.807) is 11.6 Å². The Balaban J connectivity index is 2.51. The Labute approximate surface area is 91.9 Å². The lowest BCUT2D eigenvalue weighted by Crippen LogP contribution is -2.46. The molecule has 0 radical (unpaired) electrons. The van der Waals surface area contributed by atoms with Crippen LogP contribution in [0, 0.1) is 0 Å². The average Bonchev–Trinajstić information content (AvgIpc) is 2.53. The first-order valence-electron chi connectivity index (χ1n) is 4.41. The lowest BCUT2D eigenvalue weighted by molar-refractivity contribution is -0.137. The SMILES string of the molecule is CC(C)(C)NC(=O)C(=O)Nc1nccs1. The van der Waals surface area contributed by atoms with E-state index in [4.69, 9.17) is 0 Å². The van der Waals surface area contributed by atoms with Crippen molar-refractivity contribution in [3.8, 4) is 0 Å². The number of carbonyl (C=O) groups is 2. The van der Waals surface area contributed by atoms with Crippen molar-refractivity contribution in [3.63, 3.8) is 0 Å². The number of aromatic nitrogens is 1. The minimum Gasteiger partial charge on any atom is -0.343 e. The van der Waals surface area contributed by atoms with E-state index >= 15 is 0 Å². The highest BCUT2D eigenvalue weighted by Gasteiger charge is 2.20. The second kappa shape index (κ2) is 4.39. The third-order valence-electron chi connectivity index (χ3n) is 1.35. The smallest absolute Gasteiger partial charge is 0.315 e. The maximum Gasteiger partial charge on any atom is 0.315 e. The van der Waals surface area contributed by atoms with Crippen molar-refractivity contribution in [1.29, 1.82) is 0 Å². The normalized spacial score (nSPS) is 10.9. The van der Waals surface area contributed by atoms with E-state index in [2.05, 4.69) is 15.6 Å². The molecule has 0 saturated heterocycles. The van der Waals surface area contributed by atoms with Gasteiger partial charge in [-0.05, 0) is 20.8 Å². The molecule has 1 heterocycles. The highest BCUT2D eigenvalue weighted by atomic mass is 32.1. The van der Waals surface area contributed by atoms with Gasteiger partial charge >= 0.3 is 11.8 Å². The molecule has 5 nitrogen and oxygen atoms in total. The molecule has 6 heteroatoms.